The molecule has 2 nitrogen and oxygen atoms in total. The maximum absolute atomic E-state index is 5.86. The van der Waals surface area contributed by atoms with Crippen LogP contribution in [-0.4, -0.2) is 31.8 Å². The third-order valence-corrected chi connectivity index (χ3v) is 2.17. The summed E-state index contributed by atoms with van der Waals surface area (Å²) in [6.45, 7) is 1.10. The van der Waals surface area contributed by atoms with Crippen LogP contribution in [0.1, 0.15) is 12.8 Å². The van der Waals surface area contributed by atoms with Crippen LogP contribution >= 0.6 is 11.6 Å². The molecule has 0 radical (unpaired) electrons. The zero-order valence-electron chi connectivity index (χ0n) is 7.63. The van der Waals surface area contributed by atoms with Gasteiger partial charge in [0, 0.05) is 23.4 Å². The Labute approximate surface area is 78.9 Å². The second kappa shape index (κ2) is 4.63. The first-order chi connectivity index (χ1) is 5.68. The molecule has 68 valence electrons. The maximum atomic E-state index is 5.86. The number of hydrogen-bond acceptors (Lipinski definition) is 2. The van der Waals surface area contributed by atoms with Crippen molar-refractivity contribution in [1.29, 1.82) is 0 Å². The zero-order valence-corrected chi connectivity index (χ0v) is 8.38. The highest BCUT2D eigenvalue weighted by Crippen LogP contribution is 2.20. The summed E-state index contributed by atoms with van der Waals surface area (Å²) < 4.78 is 0. The molecule has 0 saturated carbocycles. The Morgan fingerprint density at radius 1 is 1.67 bits per heavy atom. The monoisotopic (exact) mass is 186 g/mol. The van der Waals surface area contributed by atoms with Crippen molar-refractivity contribution >= 4 is 17.8 Å². The molecule has 0 aromatic rings. The van der Waals surface area contributed by atoms with Crippen molar-refractivity contribution in [2.45, 2.75) is 12.8 Å². The Morgan fingerprint density at radius 3 is 3.00 bits per heavy atom. The van der Waals surface area contributed by atoms with E-state index >= 15 is 0 Å². The first kappa shape index (κ1) is 9.75. The van der Waals surface area contributed by atoms with Crippen LogP contribution in [0.15, 0.2) is 16.2 Å². The highest BCUT2D eigenvalue weighted by atomic mass is 35.5. The number of hydrogen-bond donors (Lipinski definition) is 0. The van der Waals surface area contributed by atoms with Gasteiger partial charge in [-0.05, 0) is 33.5 Å². The zero-order chi connectivity index (χ0) is 8.97. The minimum atomic E-state index is 0.532. The summed E-state index contributed by atoms with van der Waals surface area (Å²) in [4.78, 5) is 6.26. The van der Waals surface area contributed by atoms with Crippen LogP contribution < -0.4 is 0 Å². The fourth-order valence-electron chi connectivity index (χ4n) is 1.20. The summed E-state index contributed by atoms with van der Waals surface area (Å²) in [6, 6.07) is 0. The Hall–Kier alpha value is -0.340. The van der Waals surface area contributed by atoms with Crippen molar-refractivity contribution in [3.63, 3.8) is 0 Å². The molecule has 0 aromatic heterocycles. The van der Waals surface area contributed by atoms with Gasteiger partial charge in [-0.15, -0.1) is 0 Å². The lowest BCUT2D eigenvalue weighted by Crippen LogP contribution is -2.18. The number of nitrogens with zero attached hydrogens (tertiary/aromatic N) is 2. The molecule has 0 fully saturated rings. The fourth-order valence-corrected chi connectivity index (χ4v) is 1.46. The van der Waals surface area contributed by atoms with Crippen LogP contribution in [0, 0.1) is 5.92 Å². The molecule has 0 amide bonds. The predicted octanol–water partition coefficient (Wildman–Crippen LogP) is 2.11. The van der Waals surface area contributed by atoms with E-state index in [-0.39, 0.29) is 0 Å². The van der Waals surface area contributed by atoms with Gasteiger partial charge in [0.05, 0.1) is 0 Å². The Kier molecular flexibility index (Phi) is 3.76. The molecule has 1 aliphatic heterocycles. The molecule has 0 spiro atoms. The average Bonchev–Trinajstić information content (AvgIpc) is 2.01. The lowest BCUT2D eigenvalue weighted by molar-refractivity contribution is 0.380. The Balaban J connectivity index is 2.27. The fraction of sp³-hybridized carbons (Fsp3) is 0.667. The molecular weight excluding hydrogens is 172 g/mol. The molecule has 0 N–H and O–H groups in total. The Morgan fingerprint density at radius 2 is 2.42 bits per heavy atom. The summed E-state index contributed by atoms with van der Waals surface area (Å²) in [5, 5.41) is 0.876. The van der Waals surface area contributed by atoms with E-state index in [1.54, 1.807) is 6.20 Å². The summed E-state index contributed by atoms with van der Waals surface area (Å²) in [7, 11) is 4.16. The second-order valence-corrected chi connectivity index (χ2v) is 3.92. The second-order valence-electron chi connectivity index (χ2n) is 3.43. The van der Waals surface area contributed by atoms with Crippen molar-refractivity contribution in [3.05, 3.63) is 11.2 Å². The van der Waals surface area contributed by atoms with Gasteiger partial charge in [0.25, 0.3) is 0 Å². The molecule has 1 atom stereocenters. The molecule has 1 heterocycles. The lowest BCUT2D eigenvalue weighted by atomic mass is 10.0. The molecule has 0 aliphatic carbocycles. The van der Waals surface area contributed by atoms with Crippen molar-refractivity contribution in [2.75, 3.05) is 20.6 Å². The molecule has 0 bridgehead atoms. The first-order valence-electron chi connectivity index (χ1n) is 4.21. The van der Waals surface area contributed by atoms with Crippen molar-refractivity contribution in [2.24, 2.45) is 10.9 Å². The van der Waals surface area contributed by atoms with E-state index < -0.39 is 0 Å². The van der Waals surface area contributed by atoms with Gasteiger partial charge in [-0.2, -0.15) is 0 Å². The van der Waals surface area contributed by atoms with Gasteiger partial charge in [-0.25, -0.2) is 0 Å². The molecule has 0 saturated heterocycles. The van der Waals surface area contributed by atoms with Crippen molar-refractivity contribution < 1.29 is 0 Å². The molecule has 1 aliphatic rings. The highest BCUT2D eigenvalue weighted by molar-refractivity contribution is 6.29. The first-order valence-corrected chi connectivity index (χ1v) is 4.59. The number of aliphatic imine (C=N–C) groups is 1. The van der Waals surface area contributed by atoms with Crippen LogP contribution in [0.3, 0.4) is 0 Å². The summed E-state index contributed by atoms with van der Waals surface area (Å²) in [6.07, 6.45) is 5.82. The third kappa shape index (κ3) is 3.37. The van der Waals surface area contributed by atoms with E-state index in [0.717, 1.165) is 24.4 Å². The molecule has 12 heavy (non-hydrogen) atoms. The van der Waals surface area contributed by atoms with Gasteiger partial charge in [0.1, 0.15) is 0 Å². The van der Waals surface area contributed by atoms with E-state index in [1.165, 1.54) is 0 Å². The largest absolute Gasteiger partial charge is 0.309 e. The smallest absolute Gasteiger partial charge is 0.0409 e. The third-order valence-electron chi connectivity index (χ3n) is 1.92. The number of allylic oxidation sites excluding steroid dienone is 1. The standard InChI is InChI=1S/C9H15ClN2/c1-12(2)4-3-8-5-9(10)7-11-6-8/h6-8H,3-5H2,1-2H3. The lowest BCUT2D eigenvalue weighted by Gasteiger charge is -2.16. The predicted molar refractivity (Wildman–Crippen MR) is 53.7 cm³/mol. The van der Waals surface area contributed by atoms with E-state index in [0.29, 0.717) is 5.92 Å². The van der Waals surface area contributed by atoms with E-state index in [4.69, 9.17) is 11.6 Å². The molecule has 0 aromatic carbocycles. The van der Waals surface area contributed by atoms with Gasteiger partial charge in [0.15, 0.2) is 0 Å². The summed E-state index contributed by atoms with van der Waals surface area (Å²) in [5.41, 5.74) is 0. The number of halogens is 1. The minimum Gasteiger partial charge on any atom is -0.309 e. The highest BCUT2D eigenvalue weighted by Gasteiger charge is 2.10. The normalized spacial score (nSPS) is 23.0. The molecule has 3 heteroatoms. The van der Waals surface area contributed by atoms with Crippen LogP contribution in [0.2, 0.25) is 0 Å². The average molecular weight is 187 g/mol. The summed E-state index contributed by atoms with van der Waals surface area (Å²) >= 11 is 5.86. The van der Waals surface area contributed by atoms with Crippen LogP contribution in [0.5, 0.6) is 0 Å². The van der Waals surface area contributed by atoms with E-state index in [9.17, 15) is 0 Å². The Bertz CT molecular complexity index is 197. The van der Waals surface area contributed by atoms with Crippen LogP contribution in [0.4, 0.5) is 0 Å². The molecule has 1 unspecified atom stereocenters. The van der Waals surface area contributed by atoms with Gasteiger partial charge in [0.2, 0.25) is 0 Å². The quantitative estimate of drug-likeness (QED) is 0.659. The summed E-state index contributed by atoms with van der Waals surface area (Å²) in [5.74, 6) is 0.532. The minimum absolute atomic E-state index is 0.532. The van der Waals surface area contributed by atoms with Gasteiger partial charge < -0.3 is 4.90 Å². The topological polar surface area (TPSA) is 15.6 Å². The van der Waals surface area contributed by atoms with Gasteiger partial charge >= 0.3 is 0 Å². The van der Waals surface area contributed by atoms with Crippen molar-refractivity contribution in [3.8, 4) is 0 Å². The maximum Gasteiger partial charge on any atom is 0.0409 e. The van der Waals surface area contributed by atoms with Crippen LogP contribution in [-0.2, 0) is 0 Å². The molecular formula is C9H15ClN2. The molecule has 1 rings (SSSR count). The van der Waals surface area contributed by atoms with Crippen molar-refractivity contribution in [1.82, 2.24) is 4.90 Å². The SMILES string of the molecule is CN(C)CCC1C=NC=C(Cl)C1. The van der Waals surface area contributed by atoms with Crippen LogP contribution in [0.25, 0.3) is 0 Å². The van der Waals surface area contributed by atoms with E-state index in [1.807, 2.05) is 6.21 Å². The van der Waals surface area contributed by atoms with E-state index in [2.05, 4.69) is 24.0 Å². The van der Waals surface area contributed by atoms with Gasteiger partial charge in [-0.3, -0.25) is 4.99 Å². The van der Waals surface area contributed by atoms with Gasteiger partial charge in [-0.1, -0.05) is 11.6 Å². The number of rotatable bonds is 3.